The minimum Gasteiger partial charge on any atom is -0.355 e. The van der Waals surface area contributed by atoms with Crippen molar-refractivity contribution in [1.29, 1.82) is 0 Å². The van der Waals surface area contributed by atoms with Gasteiger partial charge in [-0.1, -0.05) is 12.8 Å². The van der Waals surface area contributed by atoms with Gasteiger partial charge in [0.15, 0.2) is 5.82 Å². The van der Waals surface area contributed by atoms with Gasteiger partial charge in [-0.2, -0.15) is 5.10 Å². The number of H-pyrrole nitrogens is 1. The molecule has 3 heterocycles. The van der Waals surface area contributed by atoms with Gasteiger partial charge in [0, 0.05) is 49.9 Å². The predicted molar refractivity (Wildman–Crippen MR) is 103 cm³/mol. The molecule has 1 unspecified atom stereocenters. The zero-order valence-electron chi connectivity index (χ0n) is 15.9. The number of nitrogens with zero attached hydrogens (tertiary/aromatic N) is 4. The molecule has 2 amide bonds. The number of aromatic amines is 1. The normalized spacial score (nSPS) is 20.5. The Morgan fingerprint density at radius 3 is 2.93 bits per heavy atom. The average molecular weight is 382 g/mol. The highest BCUT2D eigenvalue weighted by molar-refractivity contribution is 5.84. The second kappa shape index (κ2) is 8.50. The topological polar surface area (TPSA) is 104 Å². The summed E-state index contributed by atoms with van der Waals surface area (Å²) in [5, 5.41) is 10.1. The molecule has 2 aromatic rings. The Kier molecular flexibility index (Phi) is 5.64. The molecule has 4 rings (SSSR count). The number of piperidine rings is 1. The zero-order valence-corrected chi connectivity index (χ0v) is 15.9. The number of rotatable bonds is 6. The Balaban J connectivity index is 1.26. The molecule has 1 saturated heterocycles. The first kappa shape index (κ1) is 18.6. The van der Waals surface area contributed by atoms with Gasteiger partial charge in [-0.05, 0) is 31.4 Å². The number of aromatic nitrogens is 4. The maximum atomic E-state index is 12.6. The lowest BCUT2D eigenvalue weighted by molar-refractivity contribution is -0.140. The number of carbonyl (C=O) groups excluding carboxylic acids is 2. The van der Waals surface area contributed by atoms with E-state index in [1.165, 1.54) is 12.8 Å². The van der Waals surface area contributed by atoms with Crippen molar-refractivity contribution in [3.05, 3.63) is 30.4 Å². The van der Waals surface area contributed by atoms with E-state index < -0.39 is 0 Å². The molecule has 2 N–H and O–H groups in total. The molecular weight excluding hydrogens is 356 g/mol. The number of hydrogen-bond donors (Lipinski definition) is 2. The molecule has 8 heteroatoms. The van der Waals surface area contributed by atoms with Crippen LogP contribution in [0.2, 0.25) is 0 Å². The fourth-order valence-corrected chi connectivity index (χ4v) is 4.13. The Morgan fingerprint density at radius 2 is 2.14 bits per heavy atom. The second-order valence-electron chi connectivity index (χ2n) is 7.61. The van der Waals surface area contributed by atoms with Crippen molar-refractivity contribution in [3.63, 3.8) is 0 Å². The SMILES string of the molecule is O=C(NCCc1nc(-c2cccnc2)n[nH]1)C1CCC(=O)N(C2CCCC2)C1. The molecule has 8 nitrogen and oxygen atoms in total. The molecule has 2 fully saturated rings. The van der Waals surface area contributed by atoms with Crippen molar-refractivity contribution < 1.29 is 9.59 Å². The van der Waals surface area contributed by atoms with Crippen LogP contribution in [0.15, 0.2) is 24.5 Å². The number of carbonyl (C=O) groups is 2. The van der Waals surface area contributed by atoms with Crippen LogP contribution in [0.3, 0.4) is 0 Å². The first-order valence-corrected chi connectivity index (χ1v) is 10.1. The summed E-state index contributed by atoms with van der Waals surface area (Å²) < 4.78 is 0. The molecular formula is C20H26N6O2. The van der Waals surface area contributed by atoms with Gasteiger partial charge in [0.2, 0.25) is 11.8 Å². The predicted octanol–water partition coefficient (Wildman–Crippen LogP) is 1.71. The number of hydrogen-bond acceptors (Lipinski definition) is 5. The smallest absolute Gasteiger partial charge is 0.224 e. The van der Waals surface area contributed by atoms with E-state index in [1.807, 2.05) is 17.0 Å². The minimum atomic E-state index is -0.112. The molecule has 1 aliphatic carbocycles. The van der Waals surface area contributed by atoms with Crippen LogP contribution in [-0.2, 0) is 16.0 Å². The van der Waals surface area contributed by atoms with Gasteiger partial charge in [-0.15, -0.1) is 0 Å². The van der Waals surface area contributed by atoms with Crippen LogP contribution in [0.1, 0.15) is 44.3 Å². The molecule has 1 saturated carbocycles. The van der Waals surface area contributed by atoms with E-state index in [0.717, 1.165) is 24.2 Å². The molecule has 1 aliphatic heterocycles. The lowest BCUT2D eigenvalue weighted by atomic mass is 9.95. The number of amides is 2. The maximum absolute atomic E-state index is 12.6. The van der Waals surface area contributed by atoms with E-state index in [-0.39, 0.29) is 17.7 Å². The first-order valence-electron chi connectivity index (χ1n) is 10.1. The van der Waals surface area contributed by atoms with E-state index in [9.17, 15) is 9.59 Å². The zero-order chi connectivity index (χ0) is 19.3. The minimum absolute atomic E-state index is 0.0301. The summed E-state index contributed by atoms with van der Waals surface area (Å²) in [5.74, 6) is 1.46. The molecule has 2 aromatic heterocycles. The van der Waals surface area contributed by atoms with E-state index in [1.54, 1.807) is 12.4 Å². The van der Waals surface area contributed by atoms with Gasteiger partial charge >= 0.3 is 0 Å². The summed E-state index contributed by atoms with van der Waals surface area (Å²) in [7, 11) is 0. The van der Waals surface area contributed by atoms with Crippen molar-refractivity contribution in [3.8, 4) is 11.4 Å². The van der Waals surface area contributed by atoms with Crippen LogP contribution in [0.25, 0.3) is 11.4 Å². The Morgan fingerprint density at radius 1 is 1.29 bits per heavy atom. The van der Waals surface area contributed by atoms with Crippen molar-refractivity contribution in [2.24, 2.45) is 5.92 Å². The van der Waals surface area contributed by atoms with Gasteiger partial charge in [0.1, 0.15) is 5.82 Å². The third-order valence-corrected chi connectivity index (χ3v) is 5.69. The van der Waals surface area contributed by atoms with Crippen LogP contribution < -0.4 is 5.32 Å². The van der Waals surface area contributed by atoms with Crippen LogP contribution >= 0.6 is 0 Å². The largest absolute Gasteiger partial charge is 0.355 e. The maximum Gasteiger partial charge on any atom is 0.224 e. The van der Waals surface area contributed by atoms with E-state index >= 15 is 0 Å². The second-order valence-corrected chi connectivity index (χ2v) is 7.61. The molecule has 0 aromatic carbocycles. The van der Waals surface area contributed by atoms with E-state index in [0.29, 0.717) is 44.2 Å². The van der Waals surface area contributed by atoms with Crippen molar-refractivity contribution in [1.82, 2.24) is 30.4 Å². The number of pyridine rings is 1. The molecule has 28 heavy (non-hydrogen) atoms. The number of nitrogens with one attached hydrogen (secondary N) is 2. The van der Waals surface area contributed by atoms with Crippen LogP contribution in [0.4, 0.5) is 0 Å². The summed E-state index contributed by atoms with van der Waals surface area (Å²) in [6.45, 7) is 1.05. The fraction of sp³-hybridized carbons (Fsp3) is 0.550. The number of likely N-dealkylation sites (tertiary alicyclic amines) is 1. The van der Waals surface area contributed by atoms with Gasteiger partial charge < -0.3 is 10.2 Å². The van der Waals surface area contributed by atoms with Crippen molar-refractivity contribution in [2.75, 3.05) is 13.1 Å². The Hall–Kier alpha value is -2.77. The average Bonchev–Trinajstić information content (AvgIpc) is 3.41. The Bertz CT molecular complexity index is 815. The van der Waals surface area contributed by atoms with Crippen LogP contribution in [0.5, 0.6) is 0 Å². The van der Waals surface area contributed by atoms with Crippen molar-refractivity contribution in [2.45, 2.75) is 51.0 Å². The molecule has 2 aliphatic rings. The van der Waals surface area contributed by atoms with Crippen LogP contribution in [-0.4, -0.2) is 56.0 Å². The van der Waals surface area contributed by atoms with E-state index in [4.69, 9.17) is 0 Å². The molecule has 0 radical (unpaired) electrons. The summed E-state index contributed by atoms with van der Waals surface area (Å²) >= 11 is 0. The monoisotopic (exact) mass is 382 g/mol. The first-order chi connectivity index (χ1) is 13.7. The summed E-state index contributed by atoms with van der Waals surface area (Å²) in [6, 6.07) is 4.08. The lowest BCUT2D eigenvalue weighted by Gasteiger charge is -2.36. The quantitative estimate of drug-likeness (QED) is 0.791. The third-order valence-electron chi connectivity index (χ3n) is 5.69. The van der Waals surface area contributed by atoms with Gasteiger partial charge in [-0.3, -0.25) is 19.7 Å². The molecule has 0 bridgehead atoms. The van der Waals surface area contributed by atoms with Crippen molar-refractivity contribution >= 4 is 11.8 Å². The van der Waals surface area contributed by atoms with Gasteiger partial charge in [0.25, 0.3) is 0 Å². The lowest BCUT2D eigenvalue weighted by Crippen LogP contribution is -2.49. The molecule has 148 valence electrons. The van der Waals surface area contributed by atoms with Gasteiger partial charge in [-0.25, -0.2) is 4.98 Å². The highest BCUT2D eigenvalue weighted by atomic mass is 16.2. The molecule has 1 atom stereocenters. The summed E-state index contributed by atoms with van der Waals surface area (Å²) in [4.78, 5) is 35.3. The van der Waals surface area contributed by atoms with Crippen LogP contribution in [0, 0.1) is 5.92 Å². The third kappa shape index (κ3) is 4.21. The Labute approximate surface area is 164 Å². The summed E-state index contributed by atoms with van der Waals surface area (Å²) in [5.41, 5.74) is 0.855. The standard InChI is InChI=1S/C20H26N6O2/c27-18-8-7-15(13-26(18)16-5-1-2-6-16)20(28)22-11-9-17-23-19(25-24-17)14-4-3-10-21-12-14/h3-4,10,12,15-16H,1-2,5-9,11,13H2,(H,22,28)(H,23,24,25). The summed E-state index contributed by atoms with van der Waals surface area (Å²) in [6.07, 6.45) is 9.64. The highest BCUT2D eigenvalue weighted by Crippen LogP contribution is 2.28. The van der Waals surface area contributed by atoms with Gasteiger partial charge in [0.05, 0.1) is 5.92 Å². The fourth-order valence-electron chi connectivity index (χ4n) is 4.13. The highest BCUT2D eigenvalue weighted by Gasteiger charge is 2.34. The molecule has 0 spiro atoms. The van der Waals surface area contributed by atoms with E-state index in [2.05, 4.69) is 25.5 Å².